The Hall–Kier alpha value is -0.860. The quantitative estimate of drug-likeness (QED) is 0.729. The predicted octanol–water partition coefficient (Wildman–Crippen LogP) is 2.32. The first kappa shape index (κ1) is 10.1. The summed E-state index contributed by atoms with van der Waals surface area (Å²) in [6.07, 6.45) is 8.95. The number of hydrazone groups is 1. The summed E-state index contributed by atoms with van der Waals surface area (Å²) in [5, 5.41) is 4.50. The minimum atomic E-state index is 0.159. The molecule has 3 heteroatoms. The minimum absolute atomic E-state index is 0.159. The molecule has 5 aliphatic carbocycles. The van der Waals surface area contributed by atoms with Gasteiger partial charge >= 0.3 is 0 Å². The molecular weight excluding hydrogens is 212 g/mol. The van der Waals surface area contributed by atoms with E-state index in [1.54, 1.807) is 0 Å². The molecule has 0 saturated heterocycles. The lowest BCUT2D eigenvalue weighted by atomic mass is 9.55. The number of carbonyl (C=O) groups is 1. The Morgan fingerprint density at radius 1 is 1.00 bits per heavy atom. The lowest BCUT2D eigenvalue weighted by Crippen LogP contribution is -2.46. The zero-order chi connectivity index (χ0) is 11.4. The fourth-order valence-corrected chi connectivity index (χ4v) is 4.41. The topological polar surface area (TPSA) is 41.5 Å². The SMILES string of the molecule is O=C(NN=C1C2CC3CC(C2)CC1C3)C1CC1. The molecule has 5 fully saturated rings. The average Bonchev–Trinajstić information content (AvgIpc) is 3.10. The van der Waals surface area contributed by atoms with Crippen molar-refractivity contribution in [1.29, 1.82) is 0 Å². The molecule has 5 saturated carbocycles. The van der Waals surface area contributed by atoms with Gasteiger partial charge in [0.05, 0.1) is 0 Å². The van der Waals surface area contributed by atoms with Crippen molar-refractivity contribution in [3.8, 4) is 0 Å². The van der Waals surface area contributed by atoms with Crippen molar-refractivity contribution >= 4 is 11.6 Å². The van der Waals surface area contributed by atoms with Gasteiger partial charge in [-0.3, -0.25) is 4.79 Å². The Morgan fingerprint density at radius 3 is 2.12 bits per heavy atom. The number of nitrogens with zero attached hydrogens (tertiary/aromatic N) is 1. The van der Waals surface area contributed by atoms with Crippen LogP contribution in [0.2, 0.25) is 0 Å². The van der Waals surface area contributed by atoms with Gasteiger partial charge in [-0.1, -0.05) is 0 Å². The summed E-state index contributed by atoms with van der Waals surface area (Å²) < 4.78 is 0. The molecule has 3 nitrogen and oxygen atoms in total. The maximum atomic E-state index is 11.6. The second-order valence-electron chi connectivity index (χ2n) is 6.59. The molecule has 0 aromatic carbocycles. The summed E-state index contributed by atoms with van der Waals surface area (Å²) in [5.74, 6) is 3.77. The highest BCUT2D eigenvalue weighted by Gasteiger charge is 2.46. The van der Waals surface area contributed by atoms with Crippen molar-refractivity contribution in [3.63, 3.8) is 0 Å². The van der Waals surface area contributed by atoms with Crippen LogP contribution in [-0.4, -0.2) is 11.6 Å². The molecule has 1 amide bonds. The Balaban J connectivity index is 1.49. The first-order valence-electron chi connectivity index (χ1n) is 7.17. The van der Waals surface area contributed by atoms with Gasteiger partial charge in [0.25, 0.3) is 0 Å². The van der Waals surface area contributed by atoms with Crippen LogP contribution in [0, 0.1) is 29.6 Å². The predicted molar refractivity (Wildman–Crippen MR) is 65.3 cm³/mol. The molecule has 17 heavy (non-hydrogen) atoms. The van der Waals surface area contributed by atoms with E-state index < -0.39 is 0 Å². The summed E-state index contributed by atoms with van der Waals surface area (Å²) in [4.78, 5) is 11.6. The fraction of sp³-hybridized carbons (Fsp3) is 0.857. The second kappa shape index (κ2) is 3.56. The van der Waals surface area contributed by atoms with Gasteiger partial charge in [-0.2, -0.15) is 5.10 Å². The number of carbonyl (C=O) groups excluding carboxylic acids is 1. The molecule has 4 bridgehead atoms. The zero-order valence-electron chi connectivity index (χ0n) is 10.2. The highest BCUT2D eigenvalue weighted by Crippen LogP contribution is 2.52. The molecule has 92 valence electrons. The minimum Gasteiger partial charge on any atom is -0.273 e. The standard InChI is InChI=1S/C14H20N2O/c17-14(10-1-2-10)16-15-13-11-4-8-3-9(6-11)7-12(13)5-8/h8-12H,1-7H2,(H,16,17). The normalized spacial score (nSPS) is 42.7. The number of hydrogen-bond acceptors (Lipinski definition) is 2. The Kier molecular flexibility index (Phi) is 2.12. The van der Waals surface area contributed by atoms with E-state index in [2.05, 4.69) is 10.5 Å². The van der Waals surface area contributed by atoms with E-state index in [0.29, 0.717) is 11.8 Å². The van der Waals surface area contributed by atoms with Gasteiger partial charge < -0.3 is 0 Å². The van der Waals surface area contributed by atoms with Crippen molar-refractivity contribution < 1.29 is 4.79 Å². The number of hydrogen-bond donors (Lipinski definition) is 1. The molecule has 0 aliphatic heterocycles. The zero-order valence-corrected chi connectivity index (χ0v) is 10.2. The van der Waals surface area contributed by atoms with Crippen molar-refractivity contribution in [2.45, 2.75) is 44.9 Å². The summed E-state index contributed by atoms with van der Waals surface area (Å²) in [5.41, 5.74) is 4.16. The average molecular weight is 232 g/mol. The van der Waals surface area contributed by atoms with Gasteiger partial charge in [-0.15, -0.1) is 0 Å². The summed E-state index contributed by atoms with van der Waals surface area (Å²) in [7, 11) is 0. The maximum Gasteiger partial charge on any atom is 0.243 e. The molecule has 0 atom stereocenters. The molecule has 0 heterocycles. The molecule has 0 spiro atoms. The van der Waals surface area contributed by atoms with Crippen LogP contribution in [0.3, 0.4) is 0 Å². The largest absolute Gasteiger partial charge is 0.273 e. The van der Waals surface area contributed by atoms with Crippen molar-refractivity contribution in [2.24, 2.45) is 34.7 Å². The van der Waals surface area contributed by atoms with Gasteiger partial charge in [0.1, 0.15) is 0 Å². The summed E-state index contributed by atoms with van der Waals surface area (Å²) >= 11 is 0. The molecule has 0 radical (unpaired) electrons. The molecule has 0 aromatic rings. The first-order chi connectivity index (χ1) is 8.29. The van der Waals surface area contributed by atoms with E-state index in [0.717, 1.165) is 24.7 Å². The van der Waals surface area contributed by atoms with E-state index in [-0.39, 0.29) is 11.8 Å². The van der Waals surface area contributed by atoms with E-state index in [4.69, 9.17) is 0 Å². The number of nitrogens with one attached hydrogen (secondary N) is 1. The van der Waals surface area contributed by atoms with Crippen LogP contribution in [0.5, 0.6) is 0 Å². The highest BCUT2D eigenvalue weighted by molar-refractivity contribution is 5.92. The Labute approximate surface area is 102 Å². The molecule has 0 aromatic heterocycles. The van der Waals surface area contributed by atoms with Crippen LogP contribution < -0.4 is 5.43 Å². The van der Waals surface area contributed by atoms with Crippen molar-refractivity contribution in [3.05, 3.63) is 0 Å². The van der Waals surface area contributed by atoms with Gasteiger partial charge in [0.2, 0.25) is 5.91 Å². The van der Waals surface area contributed by atoms with Crippen molar-refractivity contribution in [2.75, 3.05) is 0 Å². The molecule has 5 rings (SSSR count). The van der Waals surface area contributed by atoms with Crippen LogP contribution in [-0.2, 0) is 4.79 Å². The molecular formula is C14H20N2O. The third-order valence-electron chi connectivity index (χ3n) is 5.22. The van der Waals surface area contributed by atoms with E-state index in [9.17, 15) is 4.79 Å². The van der Waals surface area contributed by atoms with Crippen LogP contribution >= 0.6 is 0 Å². The highest BCUT2D eigenvalue weighted by atomic mass is 16.2. The number of rotatable bonds is 2. The molecule has 5 aliphatic rings. The van der Waals surface area contributed by atoms with Crippen LogP contribution in [0.15, 0.2) is 5.10 Å². The summed E-state index contributed by atoms with van der Waals surface area (Å²) in [6, 6.07) is 0. The Morgan fingerprint density at radius 2 is 1.59 bits per heavy atom. The van der Waals surface area contributed by atoms with E-state index >= 15 is 0 Å². The second-order valence-corrected chi connectivity index (χ2v) is 6.59. The van der Waals surface area contributed by atoms with Gasteiger partial charge in [-0.25, -0.2) is 5.43 Å². The summed E-state index contributed by atoms with van der Waals surface area (Å²) in [6.45, 7) is 0. The van der Waals surface area contributed by atoms with Crippen molar-refractivity contribution in [1.82, 2.24) is 5.43 Å². The van der Waals surface area contributed by atoms with Crippen LogP contribution in [0.4, 0.5) is 0 Å². The third-order valence-corrected chi connectivity index (χ3v) is 5.22. The lowest BCUT2D eigenvalue weighted by Gasteiger charge is -2.50. The maximum absolute atomic E-state index is 11.6. The molecule has 1 N–H and O–H groups in total. The van der Waals surface area contributed by atoms with Gasteiger partial charge in [-0.05, 0) is 68.6 Å². The molecule has 0 unspecified atom stereocenters. The van der Waals surface area contributed by atoms with Gasteiger partial charge in [0, 0.05) is 11.6 Å². The third kappa shape index (κ3) is 1.71. The monoisotopic (exact) mass is 232 g/mol. The van der Waals surface area contributed by atoms with Crippen LogP contribution in [0.1, 0.15) is 44.9 Å². The fourth-order valence-electron chi connectivity index (χ4n) is 4.41. The first-order valence-corrected chi connectivity index (χ1v) is 7.17. The number of amides is 1. The van der Waals surface area contributed by atoms with E-state index in [1.807, 2.05) is 0 Å². The smallest absolute Gasteiger partial charge is 0.243 e. The van der Waals surface area contributed by atoms with Gasteiger partial charge in [0.15, 0.2) is 0 Å². The van der Waals surface area contributed by atoms with E-state index in [1.165, 1.54) is 37.8 Å². The lowest BCUT2D eigenvalue weighted by molar-refractivity contribution is -0.122. The van der Waals surface area contributed by atoms with Crippen LogP contribution in [0.25, 0.3) is 0 Å². The Bertz CT molecular complexity index is 354.